The van der Waals surface area contributed by atoms with Gasteiger partial charge in [0.1, 0.15) is 0 Å². The molecule has 0 aromatic rings. The molecular formula is O4OsRu. The van der Waals surface area contributed by atoms with E-state index in [1.165, 1.54) is 0 Å². The van der Waals surface area contributed by atoms with E-state index >= 15 is 0 Å². The van der Waals surface area contributed by atoms with E-state index in [0.717, 1.165) is 0 Å². The van der Waals surface area contributed by atoms with Crippen molar-refractivity contribution < 1.29 is 61.2 Å². The largest absolute Gasteiger partial charge is 4.00 e. The van der Waals surface area contributed by atoms with Crippen LogP contribution in [0.1, 0.15) is 0 Å². The molecule has 0 heterocycles. The van der Waals surface area contributed by atoms with E-state index in [9.17, 15) is 0 Å². The molecule has 0 bridgehead atoms. The van der Waals surface area contributed by atoms with Gasteiger partial charge in [-0.1, -0.05) is 0 Å². The van der Waals surface area contributed by atoms with E-state index in [-0.39, 0.29) is 61.2 Å². The van der Waals surface area contributed by atoms with Crippen LogP contribution in [0.4, 0.5) is 0 Å². The van der Waals surface area contributed by atoms with Gasteiger partial charge in [-0.15, -0.1) is 0 Å². The molecule has 4 nitrogen and oxygen atoms in total. The van der Waals surface area contributed by atoms with Gasteiger partial charge in [-0.05, 0) is 0 Å². The first-order valence-electron chi connectivity index (χ1n) is 0. The molecule has 0 spiro atoms. The first-order chi connectivity index (χ1) is 0. The molecule has 0 amide bonds. The minimum atomic E-state index is 0. The van der Waals surface area contributed by atoms with Gasteiger partial charge in [-0.2, -0.15) is 0 Å². The molecule has 0 N–H and O–H groups in total. The van der Waals surface area contributed by atoms with Crippen molar-refractivity contribution in [3.05, 3.63) is 0 Å². The zero-order valence-electron chi connectivity index (χ0n) is 2.34. The summed E-state index contributed by atoms with van der Waals surface area (Å²) in [7, 11) is 0. The van der Waals surface area contributed by atoms with Crippen LogP contribution >= 0.6 is 0 Å². The molecule has 0 saturated carbocycles. The zero-order chi connectivity index (χ0) is 0. The molecule has 40 valence electrons. The van der Waals surface area contributed by atoms with Crippen LogP contribution in [0, 0.1) is 0 Å². The van der Waals surface area contributed by atoms with Crippen molar-refractivity contribution in [1.82, 2.24) is 0 Å². The average Bonchev–Trinajstić information content (AvgIpc) is 0. The van der Waals surface area contributed by atoms with Gasteiger partial charge in [0.05, 0.1) is 0 Å². The molecule has 6 heteroatoms. The molecule has 0 fully saturated rings. The van der Waals surface area contributed by atoms with Gasteiger partial charge in [0.25, 0.3) is 0 Å². The second-order valence-corrected chi connectivity index (χ2v) is 0. The maximum atomic E-state index is 0. The summed E-state index contributed by atoms with van der Waals surface area (Å²) in [6, 6.07) is 0. The Morgan fingerprint density at radius 3 is 0.500 bits per heavy atom. The molecule has 0 rings (SSSR count). The standard InChI is InChI=1S/4O.Os.Ru/q4*-2;2*+4. The predicted molar refractivity (Wildman–Crippen MR) is 2.75 cm³/mol. The van der Waals surface area contributed by atoms with Crippen molar-refractivity contribution in [2.24, 2.45) is 0 Å². The third-order valence-corrected chi connectivity index (χ3v) is 0. The number of rotatable bonds is 0. The van der Waals surface area contributed by atoms with Gasteiger partial charge in [-0.25, -0.2) is 0 Å². The fraction of sp³-hybridized carbons (Fsp3) is 0. The van der Waals surface area contributed by atoms with Crippen LogP contribution in [0.25, 0.3) is 0 Å². The Balaban J connectivity index is 0. The third-order valence-electron chi connectivity index (χ3n) is 0. The van der Waals surface area contributed by atoms with Crippen molar-refractivity contribution in [3.8, 4) is 0 Å². The Kier molecular flexibility index (Phi) is 4770. The molecule has 0 aliphatic rings. The minimum absolute atomic E-state index is 0. The summed E-state index contributed by atoms with van der Waals surface area (Å²) in [6.45, 7) is 0. The zero-order valence-corrected chi connectivity index (χ0v) is 6.62. The Labute approximate surface area is 61.4 Å². The van der Waals surface area contributed by atoms with Gasteiger partial charge < -0.3 is 21.9 Å². The van der Waals surface area contributed by atoms with Crippen LogP contribution < -0.4 is 0 Å². The van der Waals surface area contributed by atoms with Gasteiger partial charge >= 0.3 is 39.3 Å². The second-order valence-electron chi connectivity index (χ2n) is 0. The Morgan fingerprint density at radius 2 is 0.500 bits per heavy atom. The number of hydrogen-bond donors (Lipinski definition) is 0. The normalized spacial score (nSPS) is 0. The van der Waals surface area contributed by atoms with Crippen molar-refractivity contribution in [3.63, 3.8) is 0 Å². The van der Waals surface area contributed by atoms with Crippen molar-refractivity contribution in [2.45, 2.75) is 0 Å². The number of hydrogen-bond acceptors (Lipinski definition) is 0. The van der Waals surface area contributed by atoms with Crippen LogP contribution in [0.15, 0.2) is 0 Å². The molecule has 0 aliphatic heterocycles. The van der Waals surface area contributed by atoms with Gasteiger partial charge in [-0.3, -0.25) is 0 Å². The van der Waals surface area contributed by atoms with Crippen LogP contribution in [0.3, 0.4) is 0 Å². The smallest absolute Gasteiger partial charge is 2.00 e. The van der Waals surface area contributed by atoms with Crippen LogP contribution in [-0.2, 0) is 61.2 Å². The van der Waals surface area contributed by atoms with E-state index < -0.39 is 0 Å². The summed E-state index contributed by atoms with van der Waals surface area (Å²) in [5.41, 5.74) is 0. The third kappa shape index (κ3) is 70.9. The minimum Gasteiger partial charge on any atom is -2.00 e. The van der Waals surface area contributed by atoms with E-state index in [1.54, 1.807) is 0 Å². The molecule has 6 heavy (non-hydrogen) atoms. The molecular weight excluding hydrogens is 355 g/mol. The maximum Gasteiger partial charge on any atom is 4.00 e. The summed E-state index contributed by atoms with van der Waals surface area (Å²) < 4.78 is 0. The van der Waals surface area contributed by atoms with E-state index in [2.05, 4.69) is 0 Å². The summed E-state index contributed by atoms with van der Waals surface area (Å²) in [4.78, 5) is 0. The van der Waals surface area contributed by atoms with E-state index in [0.29, 0.717) is 0 Å². The Bertz CT molecular complexity index is 7.51. The Morgan fingerprint density at radius 1 is 0.500 bits per heavy atom. The van der Waals surface area contributed by atoms with Gasteiger partial charge in [0, 0.05) is 0 Å². The average molecular weight is 355 g/mol. The molecule has 0 aromatic carbocycles. The van der Waals surface area contributed by atoms with Crippen LogP contribution in [-0.4, -0.2) is 0 Å². The van der Waals surface area contributed by atoms with Crippen molar-refractivity contribution in [1.29, 1.82) is 0 Å². The van der Waals surface area contributed by atoms with Gasteiger partial charge in [0.2, 0.25) is 0 Å². The van der Waals surface area contributed by atoms with Crippen LogP contribution in [0.2, 0.25) is 0 Å². The fourth-order valence-corrected chi connectivity index (χ4v) is 0. The molecule has 0 atom stereocenters. The van der Waals surface area contributed by atoms with E-state index in [1.807, 2.05) is 0 Å². The molecule has 0 saturated heterocycles. The summed E-state index contributed by atoms with van der Waals surface area (Å²) >= 11 is 0. The molecule has 0 aromatic heterocycles. The second kappa shape index (κ2) is 131. The van der Waals surface area contributed by atoms with Gasteiger partial charge in [0.15, 0.2) is 0 Å². The molecule has 0 radical (unpaired) electrons. The summed E-state index contributed by atoms with van der Waals surface area (Å²) in [5.74, 6) is 0. The molecule has 0 unspecified atom stereocenters. The van der Waals surface area contributed by atoms with Crippen LogP contribution in [0.5, 0.6) is 0 Å². The first-order valence-corrected chi connectivity index (χ1v) is 0. The fourth-order valence-electron chi connectivity index (χ4n) is 0. The Hall–Kier alpha value is 1.10. The van der Waals surface area contributed by atoms with Crippen molar-refractivity contribution >= 4 is 0 Å². The topological polar surface area (TPSA) is 114 Å². The molecule has 0 aliphatic carbocycles. The summed E-state index contributed by atoms with van der Waals surface area (Å²) in [6.07, 6.45) is 0. The first kappa shape index (κ1) is 218. The maximum absolute atomic E-state index is 0. The predicted octanol–water partition coefficient (Wildman–Crippen LogP) is -0.480. The van der Waals surface area contributed by atoms with E-state index in [4.69, 9.17) is 0 Å². The summed E-state index contributed by atoms with van der Waals surface area (Å²) in [5, 5.41) is 0. The monoisotopic (exact) mass is 358 g/mol. The van der Waals surface area contributed by atoms with Crippen molar-refractivity contribution in [2.75, 3.05) is 0 Å². The SMILES string of the molecule is [O-2].[O-2].[O-2].[O-2].[Os+4].[Ru+4]. The quantitative estimate of drug-likeness (QED) is 0.523.